The van der Waals surface area contributed by atoms with E-state index < -0.39 is 68.9 Å². The van der Waals surface area contributed by atoms with Crippen LogP contribution in [0.1, 0.15) is 11.1 Å². The van der Waals surface area contributed by atoms with Gasteiger partial charge in [0, 0.05) is 11.1 Å². The summed E-state index contributed by atoms with van der Waals surface area (Å²) in [5.41, 5.74) is -6.50. The van der Waals surface area contributed by atoms with Crippen molar-refractivity contribution >= 4 is 11.1 Å². The third-order valence-corrected chi connectivity index (χ3v) is 3.80. The molecule has 0 N–H and O–H groups in total. The first-order chi connectivity index (χ1) is 12.1. The van der Waals surface area contributed by atoms with E-state index in [0.717, 1.165) is 12.5 Å². The van der Waals surface area contributed by atoms with E-state index >= 15 is 0 Å². The van der Waals surface area contributed by atoms with E-state index in [0.29, 0.717) is 0 Å². The van der Waals surface area contributed by atoms with E-state index in [-0.39, 0.29) is 0 Å². The second-order valence-electron chi connectivity index (χ2n) is 4.96. The monoisotopic (exact) mass is 380 g/mol. The highest BCUT2D eigenvalue weighted by Crippen LogP contribution is 2.63. The van der Waals surface area contributed by atoms with Gasteiger partial charge in [0.25, 0.3) is 12.5 Å². The van der Waals surface area contributed by atoms with Crippen molar-refractivity contribution in [2.24, 2.45) is 0 Å². The van der Waals surface area contributed by atoms with Crippen LogP contribution in [0.4, 0.5) is 35.1 Å². The zero-order valence-corrected chi connectivity index (χ0v) is 11.7. The topological polar surface area (TPSA) is 66.0 Å². The number of alkyl halides is 2. The standard InChI is InChI=1S/C14F8N2O2/c15-7-3-4(8(16)10(18)9(7)17)6-5(3)13(21,22)11(19)12(20)14(6,25-1-23)26-2-24. The van der Waals surface area contributed by atoms with Crippen LogP contribution >= 0.6 is 0 Å². The molecule has 0 fully saturated rings. The smallest absolute Gasteiger partial charge is 0.357 e. The van der Waals surface area contributed by atoms with E-state index in [1.54, 1.807) is 0 Å². The minimum atomic E-state index is -4.97. The molecule has 0 aromatic heterocycles. The molecule has 26 heavy (non-hydrogen) atoms. The molecule has 2 aliphatic carbocycles. The molecule has 0 amide bonds. The molecule has 0 radical (unpaired) electrons. The summed E-state index contributed by atoms with van der Waals surface area (Å²) in [7, 11) is 0. The van der Waals surface area contributed by atoms with E-state index in [9.17, 15) is 35.1 Å². The molecular weight excluding hydrogens is 380 g/mol. The molecule has 134 valence electrons. The first-order valence-electron chi connectivity index (χ1n) is 6.28. The van der Waals surface area contributed by atoms with Crippen LogP contribution in [0, 0.1) is 46.3 Å². The van der Waals surface area contributed by atoms with Gasteiger partial charge in [0.2, 0.25) is 11.7 Å². The Kier molecular flexibility index (Phi) is 3.45. The van der Waals surface area contributed by atoms with Gasteiger partial charge in [-0.1, -0.05) is 0 Å². The van der Waals surface area contributed by atoms with Gasteiger partial charge in [-0.05, 0) is 0 Å². The Bertz CT molecular complexity index is 999. The summed E-state index contributed by atoms with van der Waals surface area (Å²) in [5, 5.41) is 17.1. The fourth-order valence-corrected chi connectivity index (χ4v) is 2.77. The van der Waals surface area contributed by atoms with Crippen LogP contribution < -0.4 is 0 Å². The molecule has 0 aliphatic heterocycles. The van der Waals surface area contributed by atoms with Crippen LogP contribution in [0.25, 0.3) is 11.1 Å². The van der Waals surface area contributed by atoms with E-state index in [2.05, 4.69) is 9.47 Å². The van der Waals surface area contributed by atoms with Crippen LogP contribution in [-0.4, -0.2) is 11.7 Å². The molecule has 4 nitrogen and oxygen atoms in total. The largest absolute Gasteiger partial charge is 0.369 e. The number of halogens is 8. The molecule has 0 spiro atoms. The lowest BCUT2D eigenvalue weighted by atomic mass is 9.69. The molecule has 1 aromatic carbocycles. The maximum Gasteiger partial charge on any atom is 0.357 e. The number of hydrogen-bond donors (Lipinski definition) is 0. The first-order valence-corrected chi connectivity index (χ1v) is 6.28. The zero-order chi connectivity index (χ0) is 19.6. The molecular formula is C14F8N2O2. The van der Waals surface area contributed by atoms with Crippen molar-refractivity contribution in [3.8, 4) is 12.5 Å². The summed E-state index contributed by atoms with van der Waals surface area (Å²) < 4.78 is 119. The van der Waals surface area contributed by atoms with Crippen molar-refractivity contribution in [2.75, 3.05) is 0 Å². The minimum Gasteiger partial charge on any atom is -0.369 e. The maximum atomic E-state index is 14.2. The van der Waals surface area contributed by atoms with Gasteiger partial charge < -0.3 is 9.47 Å². The number of allylic oxidation sites excluding steroid dienone is 2. The van der Waals surface area contributed by atoms with E-state index in [4.69, 9.17) is 10.5 Å². The van der Waals surface area contributed by atoms with E-state index in [1.807, 2.05) is 0 Å². The number of benzene rings is 1. The fourth-order valence-electron chi connectivity index (χ4n) is 2.77. The molecule has 0 unspecified atom stereocenters. The Balaban J connectivity index is 2.47. The van der Waals surface area contributed by atoms with Gasteiger partial charge in [-0.2, -0.15) is 23.7 Å². The van der Waals surface area contributed by atoms with Crippen LogP contribution in [0.5, 0.6) is 0 Å². The fraction of sp³-hybridized carbons (Fsp3) is 0.143. The summed E-state index contributed by atoms with van der Waals surface area (Å²) in [6.45, 7) is 0. The summed E-state index contributed by atoms with van der Waals surface area (Å²) >= 11 is 0. The molecule has 1 aromatic rings. The number of nitrogens with zero attached hydrogens (tertiary/aromatic N) is 2. The number of ether oxygens (including phenoxy) is 2. The Morgan fingerprint density at radius 3 is 1.50 bits per heavy atom. The second kappa shape index (κ2) is 5.11. The predicted molar refractivity (Wildman–Crippen MR) is 63.4 cm³/mol. The van der Waals surface area contributed by atoms with Gasteiger partial charge in [-0.15, -0.1) is 0 Å². The van der Waals surface area contributed by atoms with Crippen molar-refractivity contribution < 1.29 is 44.6 Å². The highest BCUT2D eigenvalue weighted by molar-refractivity contribution is 6.11. The van der Waals surface area contributed by atoms with Crippen LogP contribution in [-0.2, 0) is 9.47 Å². The Morgan fingerprint density at radius 2 is 1.08 bits per heavy atom. The second-order valence-corrected chi connectivity index (χ2v) is 4.96. The van der Waals surface area contributed by atoms with Crippen LogP contribution in [0.3, 0.4) is 0 Å². The number of fused-ring (bicyclic) bond motifs is 3. The number of nitriles is 2. The van der Waals surface area contributed by atoms with E-state index in [1.165, 1.54) is 0 Å². The normalized spacial score (nSPS) is 19.0. The lowest BCUT2D eigenvalue weighted by Gasteiger charge is -2.42. The third-order valence-electron chi connectivity index (χ3n) is 3.80. The van der Waals surface area contributed by atoms with Crippen LogP contribution in [0.15, 0.2) is 11.7 Å². The summed E-state index contributed by atoms with van der Waals surface area (Å²) in [6.07, 6.45) is 1.47. The SMILES string of the molecule is N#COC1(OC#N)C(F)=C(F)C(F)(F)C2=C1c1c(F)c(F)c(F)c(F)c12. The van der Waals surface area contributed by atoms with Crippen molar-refractivity contribution in [3.63, 3.8) is 0 Å². The highest BCUT2D eigenvalue weighted by Gasteiger charge is 2.67. The summed E-state index contributed by atoms with van der Waals surface area (Å²) in [6, 6.07) is 0. The number of rotatable bonds is 2. The highest BCUT2D eigenvalue weighted by atomic mass is 19.3. The molecule has 12 heteroatoms. The van der Waals surface area contributed by atoms with Gasteiger partial charge in [0.1, 0.15) is 0 Å². The summed E-state index contributed by atoms with van der Waals surface area (Å²) in [5.74, 6) is -23.7. The van der Waals surface area contributed by atoms with Gasteiger partial charge in [0.15, 0.2) is 23.3 Å². The first kappa shape index (κ1) is 17.5. The predicted octanol–water partition coefficient (Wildman–Crippen LogP) is 3.96. The van der Waals surface area contributed by atoms with Crippen molar-refractivity contribution in [2.45, 2.75) is 11.7 Å². The average molecular weight is 380 g/mol. The van der Waals surface area contributed by atoms with Gasteiger partial charge in [-0.3, -0.25) is 0 Å². The lowest BCUT2D eigenvalue weighted by molar-refractivity contribution is -0.103. The molecule has 0 bridgehead atoms. The van der Waals surface area contributed by atoms with Crippen molar-refractivity contribution in [1.29, 1.82) is 10.5 Å². The van der Waals surface area contributed by atoms with Gasteiger partial charge in [-0.25, -0.2) is 22.0 Å². The Hall–Kier alpha value is -3.28. The Labute approximate surface area is 137 Å². The Morgan fingerprint density at radius 1 is 0.654 bits per heavy atom. The quantitative estimate of drug-likeness (QED) is 0.256. The minimum absolute atomic E-state index is 0.737. The van der Waals surface area contributed by atoms with Gasteiger partial charge in [0.05, 0.1) is 11.1 Å². The lowest BCUT2D eigenvalue weighted by Crippen LogP contribution is -2.48. The molecule has 2 aliphatic rings. The molecule has 0 saturated heterocycles. The number of hydrogen-bond acceptors (Lipinski definition) is 4. The van der Waals surface area contributed by atoms with Crippen molar-refractivity contribution in [1.82, 2.24) is 0 Å². The van der Waals surface area contributed by atoms with Crippen LogP contribution in [0.2, 0.25) is 0 Å². The van der Waals surface area contributed by atoms with Gasteiger partial charge >= 0.3 is 11.7 Å². The molecule has 0 saturated carbocycles. The van der Waals surface area contributed by atoms with Crippen molar-refractivity contribution in [3.05, 3.63) is 46.0 Å². The average Bonchev–Trinajstić information content (AvgIpc) is 2.55. The summed E-state index contributed by atoms with van der Waals surface area (Å²) in [4.78, 5) is 0. The molecule has 0 heterocycles. The maximum absolute atomic E-state index is 14.2. The molecule has 3 rings (SSSR count). The zero-order valence-electron chi connectivity index (χ0n) is 11.7. The third kappa shape index (κ3) is 1.71. The molecule has 0 atom stereocenters.